The van der Waals surface area contributed by atoms with Crippen molar-refractivity contribution in [2.45, 2.75) is 0 Å². The molecule has 0 bridgehead atoms. The van der Waals surface area contributed by atoms with Crippen LogP contribution < -0.4 is 0 Å². The van der Waals surface area contributed by atoms with Crippen LogP contribution in [0.15, 0.2) is 12.2 Å². The fourth-order valence-electron chi connectivity index (χ4n) is 0.197. The third kappa shape index (κ3) is 7.71. The molecule has 7 heteroatoms. The molecule has 0 fully saturated rings. The van der Waals surface area contributed by atoms with Gasteiger partial charge in [-0.1, -0.05) is 0 Å². The molecule has 2 N–H and O–H groups in total. The van der Waals surface area contributed by atoms with Crippen molar-refractivity contribution in [3.63, 3.8) is 0 Å². The van der Waals surface area contributed by atoms with Gasteiger partial charge >= 0.3 is 7.82 Å². The summed E-state index contributed by atoms with van der Waals surface area (Å²) < 4.78 is 35.7. The van der Waals surface area contributed by atoms with Crippen LogP contribution in [0.4, 0.5) is 8.78 Å². The summed E-state index contributed by atoms with van der Waals surface area (Å²) in [6.07, 6.45) is -1.77. The van der Waals surface area contributed by atoms with E-state index in [1.54, 1.807) is 0 Å². The summed E-state index contributed by atoms with van der Waals surface area (Å²) >= 11 is 0. The van der Waals surface area contributed by atoms with Crippen molar-refractivity contribution in [3.05, 3.63) is 12.2 Å². The van der Waals surface area contributed by atoms with Crippen molar-refractivity contribution in [2.75, 3.05) is 6.61 Å². The molecule has 0 aromatic rings. The van der Waals surface area contributed by atoms with Crippen LogP contribution >= 0.6 is 7.82 Å². The van der Waals surface area contributed by atoms with E-state index in [1.807, 2.05) is 0 Å². The standard InChI is InChI=1S/C3H5F2O4P/c4-3(5)1-2-9-10(6,7)8/h1H,2H2,(H2,6,7,8). The molecule has 0 radical (unpaired) electrons. The first-order valence-electron chi connectivity index (χ1n) is 2.13. The summed E-state index contributed by atoms with van der Waals surface area (Å²) in [7, 11) is -4.60. The van der Waals surface area contributed by atoms with E-state index in [4.69, 9.17) is 9.79 Å². The lowest BCUT2D eigenvalue weighted by atomic mass is 10.7. The summed E-state index contributed by atoms with van der Waals surface area (Å²) in [5.41, 5.74) is 0. The van der Waals surface area contributed by atoms with E-state index >= 15 is 0 Å². The Balaban J connectivity index is 3.58. The van der Waals surface area contributed by atoms with Crippen molar-refractivity contribution in [1.29, 1.82) is 0 Å². The zero-order valence-corrected chi connectivity index (χ0v) is 5.59. The molecular weight excluding hydrogens is 169 g/mol. The minimum atomic E-state index is -4.60. The van der Waals surface area contributed by atoms with E-state index < -0.39 is 20.5 Å². The Labute approximate surface area is 55.4 Å². The Bertz CT molecular complexity index is 169. The summed E-state index contributed by atoms with van der Waals surface area (Å²) in [6.45, 7) is -0.785. The van der Waals surface area contributed by atoms with Crippen LogP contribution in [-0.2, 0) is 9.09 Å². The maximum atomic E-state index is 11.1. The predicted molar refractivity (Wildman–Crippen MR) is 28.3 cm³/mol. The molecule has 0 aromatic heterocycles. The van der Waals surface area contributed by atoms with E-state index in [-0.39, 0.29) is 6.08 Å². The minimum absolute atomic E-state index is 0.263. The monoisotopic (exact) mass is 174 g/mol. The zero-order chi connectivity index (χ0) is 8.20. The molecule has 0 atom stereocenters. The smallest absolute Gasteiger partial charge is 0.303 e. The average molecular weight is 174 g/mol. The van der Waals surface area contributed by atoms with Crippen LogP contribution in [0.25, 0.3) is 0 Å². The first kappa shape index (κ1) is 9.71. The molecule has 0 aliphatic carbocycles. The van der Waals surface area contributed by atoms with Gasteiger partial charge in [0.05, 0.1) is 6.61 Å². The van der Waals surface area contributed by atoms with Crippen LogP contribution in [-0.4, -0.2) is 16.4 Å². The number of halogens is 2. The van der Waals surface area contributed by atoms with Gasteiger partial charge in [-0.2, -0.15) is 8.78 Å². The van der Waals surface area contributed by atoms with Gasteiger partial charge in [-0.15, -0.1) is 0 Å². The highest BCUT2D eigenvalue weighted by Crippen LogP contribution is 2.35. The number of phosphoric ester groups is 1. The number of phosphoric acid groups is 1. The Morgan fingerprint density at radius 2 is 2.10 bits per heavy atom. The van der Waals surface area contributed by atoms with Crippen LogP contribution in [0.2, 0.25) is 0 Å². The van der Waals surface area contributed by atoms with Gasteiger partial charge < -0.3 is 9.79 Å². The summed E-state index contributed by atoms with van der Waals surface area (Å²) in [4.78, 5) is 15.9. The quantitative estimate of drug-likeness (QED) is 0.623. The zero-order valence-electron chi connectivity index (χ0n) is 4.70. The predicted octanol–water partition coefficient (Wildman–Crippen LogP) is 0.876. The molecule has 0 aliphatic heterocycles. The van der Waals surface area contributed by atoms with Crippen molar-refractivity contribution in [1.82, 2.24) is 0 Å². The van der Waals surface area contributed by atoms with E-state index in [0.717, 1.165) is 0 Å². The van der Waals surface area contributed by atoms with Crippen molar-refractivity contribution >= 4 is 7.82 Å². The third-order valence-corrected chi connectivity index (χ3v) is 0.966. The number of rotatable bonds is 3. The maximum Gasteiger partial charge on any atom is 0.469 e. The molecule has 0 heterocycles. The molecule has 0 amide bonds. The third-order valence-electron chi connectivity index (χ3n) is 0.480. The van der Waals surface area contributed by atoms with E-state index in [9.17, 15) is 13.3 Å². The highest BCUT2D eigenvalue weighted by atomic mass is 31.2. The van der Waals surface area contributed by atoms with E-state index in [2.05, 4.69) is 4.52 Å². The van der Waals surface area contributed by atoms with Crippen LogP contribution in [0.3, 0.4) is 0 Å². The van der Waals surface area contributed by atoms with Crippen molar-refractivity contribution in [3.8, 4) is 0 Å². The minimum Gasteiger partial charge on any atom is -0.303 e. The molecule has 0 unspecified atom stereocenters. The molecule has 0 spiro atoms. The molecule has 0 rings (SSSR count). The van der Waals surface area contributed by atoms with Gasteiger partial charge in [0.25, 0.3) is 6.08 Å². The number of hydrogen-bond donors (Lipinski definition) is 2. The number of hydrogen-bond acceptors (Lipinski definition) is 2. The summed E-state index contributed by atoms with van der Waals surface area (Å²) in [5, 5.41) is 0. The fraction of sp³-hybridized carbons (Fsp3) is 0.333. The molecule has 0 aromatic carbocycles. The Kier molecular flexibility index (Phi) is 3.67. The Hall–Kier alpha value is -0.290. The van der Waals surface area contributed by atoms with Crippen molar-refractivity contribution in [2.24, 2.45) is 0 Å². The highest BCUT2D eigenvalue weighted by Gasteiger charge is 2.11. The average Bonchev–Trinajstić information content (AvgIpc) is 1.59. The Morgan fingerprint density at radius 1 is 1.60 bits per heavy atom. The SMILES string of the molecule is O=P(O)(O)OCC=C(F)F. The van der Waals surface area contributed by atoms with Gasteiger partial charge in [-0.3, -0.25) is 4.52 Å². The molecule has 0 saturated carbocycles. The van der Waals surface area contributed by atoms with Gasteiger partial charge in [0, 0.05) is 6.08 Å². The molecule has 60 valence electrons. The lowest BCUT2D eigenvalue weighted by Crippen LogP contribution is -1.87. The lowest BCUT2D eigenvalue weighted by molar-refractivity contribution is 0.213. The van der Waals surface area contributed by atoms with Gasteiger partial charge in [-0.25, -0.2) is 4.57 Å². The van der Waals surface area contributed by atoms with Crippen LogP contribution in [0.5, 0.6) is 0 Å². The Morgan fingerprint density at radius 3 is 2.40 bits per heavy atom. The maximum absolute atomic E-state index is 11.1. The largest absolute Gasteiger partial charge is 0.469 e. The van der Waals surface area contributed by atoms with Gasteiger partial charge in [0.1, 0.15) is 0 Å². The van der Waals surface area contributed by atoms with E-state index in [1.165, 1.54) is 0 Å². The molecule has 4 nitrogen and oxygen atoms in total. The summed E-state index contributed by atoms with van der Waals surface area (Å²) in [5.74, 6) is 0. The second-order valence-electron chi connectivity index (χ2n) is 1.28. The fourth-order valence-corrected chi connectivity index (χ4v) is 0.466. The second kappa shape index (κ2) is 3.78. The van der Waals surface area contributed by atoms with Gasteiger partial charge in [0.2, 0.25) is 0 Å². The van der Waals surface area contributed by atoms with Gasteiger partial charge in [0.15, 0.2) is 0 Å². The molecule has 0 aliphatic rings. The van der Waals surface area contributed by atoms with Crippen LogP contribution in [0, 0.1) is 0 Å². The highest BCUT2D eigenvalue weighted by molar-refractivity contribution is 7.46. The summed E-state index contributed by atoms with van der Waals surface area (Å²) in [6, 6.07) is 0. The second-order valence-corrected chi connectivity index (χ2v) is 2.52. The first-order chi connectivity index (χ1) is 4.42. The van der Waals surface area contributed by atoms with Gasteiger partial charge in [-0.05, 0) is 0 Å². The molecule has 10 heavy (non-hydrogen) atoms. The van der Waals surface area contributed by atoms with Crippen LogP contribution in [0.1, 0.15) is 0 Å². The lowest BCUT2D eigenvalue weighted by Gasteiger charge is -1.99. The molecular formula is C3H5F2O4P. The first-order valence-corrected chi connectivity index (χ1v) is 3.66. The normalized spacial score (nSPS) is 11.2. The molecule has 0 saturated heterocycles. The van der Waals surface area contributed by atoms with Crippen molar-refractivity contribution < 1.29 is 27.7 Å². The topological polar surface area (TPSA) is 66.8 Å². The van der Waals surface area contributed by atoms with E-state index in [0.29, 0.717) is 0 Å².